The minimum atomic E-state index is -0.561. The molecule has 3 rings (SSSR count). The fraction of sp³-hybridized carbons (Fsp3) is 0.105. The summed E-state index contributed by atoms with van der Waals surface area (Å²) in [5, 5.41) is 9.66. The van der Waals surface area contributed by atoms with Crippen LogP contribution in [0.5, 0.6) is 0 Å². The number of esters is 1. The van der Waals surface area contributed by atoms with Gasteiger partial charge in [0.15, 0.2) is 0 Å². The van der Waals surface area contributed by atoms with Crippen molar-refractivity contribution >= 4 is 16.9 Å². The fourth-order valence-electron chi connectivity index (χ4n) is 2.41. The number of rotatable bonds is 4. The lowest BCUT2D eigenvalue weighted by Crippen LogP contribution is -2.09. The van der Waals surface area contributed by atoms with Crippen LogP contribution in [0.25, 0.3) is 10.9 Å². The Morgan fingerprint density at radius 2 is 2.00 bits per heavy atom. The van der Waals surface area contributed by atoms with E-state index in [-0.39, 0.29) is 24.2 Å². The molecule has 24 heavy (non-hydrogen) atoms. The molecule has 4 nitrogen and oxygen atoms in total. The van der Waals surface area contributed by atoms with E-state index in [4.69, 9.17) is 10.00 Å². The fourth-order valence-corrected chi connectivity index (χ4v) is 2.41. The molecule has 2 aromatic carbocycles. The third-order valence-corrected chi connectivity index (χ3v) is 3.62. The van der Waals surface area contributed by atoms with Crippen molar-refractivity contribution in [3.8, 4) is 6.07 Å². The van der Waals surface area contributed by atoms with Crippen LogP contribution in [-0.2, 0) is 22.6 Å². The van der Waals surface area contributed by atoms with Crippen molar-refractivity contribution in [3.05, 3.63) is 77.2 Å². The second-order valence-corrected chi connectivity index (χ2v) is 5.25. The lowest BCUT2D eigenvalue weighted by molar-refractivity contribution is -0.144. The van der Waals surface area contributed by atoms with Gasteiger partial charge in [-0.25, -0.2) is 4.39 Å². The van der Waals surface area contributed by atoms with Gasteiger partial charge >= 0.3 is 5.97 Å². The molecule has 0 aliphatic rings. The van der Waals surface area contributed by atoms with Crippen molar-refractivity contribution in [2.75, 3.05) is 0 Å². The number of carbonyl (C=O) groups is 1. The Morgan fingerprint density at radius 3 is 2.79 bits per heavy atom. The number of fused-ring (bicyclic) bond motifs is 1. The molecule has 0 saturated carbocycles. The van der Waals surface area contributed by atoms with Crippen molar-refractivity contribution in [2.45, 2.75) is 13.0 Å². The number of benzene rings is 2. The van der Waals surface area contributed by atoms with Crippen molar-refractivity contribution in [1.29, 1.82) is 5.26 Å². The molecule has 0 N–H and O–H groups in total. The molecule has 1 heterocycles. The maximum absolute atomic E-state index is 13.8. The summed E-state index contributed by atoms with van der Waals surface area (Å²) in [7, 11) is 0. The summed E-state index contributed by atoms with van der Waals surface area (Å²) in [6, 6.07) is 15.3. The van der Waals surface area contributed by atoms with Gasteiger partial charge in [0.05, 0.1) is 23.6 Å². The smallest absolute Gasteiger partial charge is 0.310 e. The zero-order valence-electron chi connectivity index (χ0n) is 12.7. The predicted octanol–water partition coefficient (Wildman–Crippen LogP) is 3.53. The quantitative estimate of drug-likeness (QED) is 0.690. The largest absolute Gasteiger partial charge is 0.460 e. The monoisotopic (exact) mass is 320 g/mol. The maximum Gasteiger partial charge on any atom is 0.310 e. The van der Waals surface area contributed by atoms with Gasteiger partial charge in [-0.15, -0.1) is 0 Å². The third-order valence-electron chi connectivity index (χ3n) is 3.62. The molecule has 0 atom stereocenters. The first-order valence-corrected chi connectivity index (χ1v) is 7.34. The van der Waals surface area contributed by atoms with E-state index in [1.165, 1.54) is 12.1 Å². The molecule has 5 heteroatoms. The van der Waals surface area contributed by atoms with E-state index in [9.17, 15) is 9.18 Å². The van der Waals surface area contributed by atoms with Crippen molar-refractivity contribution in [3.63, 3.8) is 0 Å². The molecule has 0 fully saturated rings. The molecular formula is C19H13FN2O2. The average molecular weight is 320 g/mol. The molecule has 0 aliphatic heterocycles. The predicted molar refractivity (Wildman–Crippen MR) is 86.4 cm³/mol. The highest BCUT2D eigenvalue weighted by molar-refractivity contribution is 5.85. The summed E-state index contributed by atoms with van der Waals surface area (Å²) in [5.41, 5.74) is 1.97. The SMILES string of the molecule is N#Cc1ccc(COC(=O)Cc2cccc3cccnc23)c(F)c1. The minimum Gasteiger partial charge on any atom is -0.460 e. The Kier molecular flexibility index (Phi) is 4.48. The number of pyridine rings is 1. The highest BCUT2D eigenvalue weighted by atomic mass is 19.1. The second-order valence-electron chi connectivity index (χ2n) is 5.25. The third kappa shape index (κ3) is 3.39. The average Bonchev–Trinajstić information content (AvgIpc) is 2.61. The number of para-hydroxylation sites is 1. The Morgan fingerprint density at radius 1 is 1.17 bits per heavy atom. The summed E-state index contributed by atoms with van der Waals surface area (Å²) in [4.78, 5) is 16.3. The van der Waals surface area contributed by atoms with E-state index in [1.54, 1.807) is 6.20 Å². The molecule has 0 radical (unpaired) electrons. The molecule has 0 amide bonds. The lowest BCUT2D eigenvalue weighted by Gasteiger charge is -2.08. The van der Waals surface area contributed by atoms with Crippen molar-refractivity contribution < 1.29 is 13.9 Å². The lowest BCUT2D eigenvalue weighted by atomic mass is 10.1. The topological polar surface area (TPSA) is 63.0 Å². The molecule has 0 spiro atoms. The number of hydrogen-bond acceptors (Lipinski definition) is 4. The second kappa shape index (κ2) is 6.88. The first-order chi connectivity index (χ1) is 11.7. The van der Waals surface area contributed by atoms with Crippen LogP contribution < -0.4 is 0 Å². The molecule has 0 aliphatic carbocycles. The van der Waals surface area contributed by atoms with Gasteiger partial charge in [0, 0.05) is 17.1 Å². The van der Waals surface area contributed by atoms with Gasteiger partial charge in [-0.05, 0) is 23.8 Å². The van der Waals surface area contributed by atoms with Crippen LogP contribution >= 0.6 is 0 Å². The molecule has 3 aromatic rings. The van der Waals surface area contributed by atoms with Crippen LogP contribution in [-0.4, -0.2) is 11.0 Å². The van der Waals surface area contributed by atoms with Gasteiger partial charge in [-0.3, -0.25) is 9.78 Å². The standard InChI is InChI=1S/C19H13FN2O2/c20-17-9-13(11-21)6-7-16(17)12-24-18(23)10-15-4-1-3-14-5-2-8-22-19(14)15/h1-9H,10,12H2. The summed E-state index contributed by atoms with van der Waals surface area (Å²) >= 11 is 0. The molecular weight excluding hydrogens is 307 g/mol. The van der Waals surface area contributed by atoms with E-state index >= 15 is 0 Å². The van der Waals surface area contributed by atoms with Crippen LogP contribution in [0.3, 0.4) is 0 Å². The van der Waals surface area contributed by atoms with E-state index in [2.05, 4.69) is 4.98 Å². The number of aromatic nitrogens is 1. The minimum absolute atomic E-state index is 0.0618. The molecule has 0 bridgehead atoms. The van der Waals surface area contributed by atoms with Crippen LogP contribution in [0.1, 0.15) is 16.7 Å². The van der Waals surface area contributed by atoms with Crippen LogP contribution in [0.15, 0.2) is 54.7 Å². The zero-order chi connectivity index (χ0) is 16.9. The molecule has 0 unspecified atom stereocenters. The number of nitriles is 1. The van der Waals surface area contributed by atoms with Gasteiger partial charge in [0.2, 0.25) is 0 Å². The highest BCUT2D eigenvalue weighted by Crippen LogP contribution is 2.17. The van der Waals surface area contributed by atoms with Crippen LogP contribution in [0.4, 0.5) is 4.39 Å². The van der Waals surface area contributed by atoms with Gasteiger partial charge in [-0.2, -0.15) is 5.26 Å². The number of halogens is 1. The Bertz CT molecular complexity index is 942. The Balaban J connectivity index is 1.69. The molecule has 118 valence electrons. The summed E-state index contributed by atoms with van der Waals surface area (Å²) < 4.78 is 18.9. The Hall–Kier alpha value is -3.26. The highest BCUT2D eigenvalue weighted by Gasteiger charge is 2.11. The number of ether oxygens (including phenoxy) is 1. The number of hydrogen-bond donors (Lipinski definition) is 0. The van der Waals surface area contributed by atoms with Crippen LogP contribution in [0, 0.1) is 17.1 Å². The van der Waals surface area contributed by atoms with E-state index in [1.807, 2.05) is 36.4 Å². The van der Waals surface area contributed by atoms with E-state index < -0.39 is 11.8 Å². The van der Waals surface area contributed by atoms with Gasteiger partial charge in [-0.1, -0.05) is 30.3 Å². The number of nitrogens with zero attached hydrogens (tertiary/aromatic N) is 2. The number of carbonyl (C=O) groups excluding carboxylic acids is 1. The van der Waals surface area contributed by atoms with Gasteiger partial charge in [0.1, 0.15) is 12.4 Å². The Labute approximate surface area is 138 Å². The van der Waals surface area contributed by atoms with Crippen LogP contribution in [0.2, 0.25) is 0 Å². The summed E-state index contributed by atoms with van der Waals surface area (Å²) in [6.45, 7) is -0.172. The maximum atomic E-state index is 13.8. The van der Waals surface area contributed by atoms with E-state index in [0.29, 0.717) is 0 Å². The normalized spacial score (nSPS) is 10.3. The zero-order valence-corrected chi connectivity index (χ0v) is 12.7. The summed E-state index contributed by atoms with van der Waals surface area (Å²) in [5.74, 6) is -1.02. The molecule has 0 saturated heterocycles. The molecule has 1 aromatic heterocycles. The van der Waals surface area contributed by atoms with Crippen molar-refractivity contribution in [1.82, 2.24) is 4.98 Å². The van der Waals surface area contributed by atoms with Gasteiger partial charge < -0.3 is 4.74 Å². The van der Waals surface area contributed by atoms with Crippen molar-refractivity contribution in [2.24, 2.45) is 0 Å². The first-order valence-electron chi connectivity index (χ1n) is 7.34. The summed E-state index contributed by atoms with van der Waals surface area (Å²) in [6.07, 6.45) is 1.73. The first kappa shape index (κ1) is 15.6. The van der Waals surface area contributed by atoms with Gasteiger partial charge in [0.25, 0.3) is 0 Å². The van der Waals surface area contributed by atoms with E-state index in [0.717, 1.165) is 22.5 Å².